The Balaban J connectivity index is 2.00. The Hall–Kier alpha value is -2.18. The van der Waals surface area contributed by atoms with Gasteiger partial charge in [0.25, 0.3) is 0 Å². The summed E-state index contributed by atoms with van der Waals surface area (Å²) in [5.74, 6) is 0.0271. The van der Waals surface area contributed by atoms with Gasteiger partial charge in [0.05, 0.1) is 18.6 Å². The Bertz CT molecular complexity index is 789. The number of thiophene rings is 1. The van der Waals surface area contributed by atoms with Crippen molar-refractivity contribution in [3.05, 3.63) is 52.2 Å². The monoisotopic (exact) mass is 373 g/mol. The zero-order valence-corrected chi connectivity index (χ0v) is 16.0. The van der Waals surface area contributed by atoms with Crippen LogP contribution in [-0.4, -0.2) is 31.0 Å². The molecule has 0 radical (unpaired) electrons. The van der Waals surface area contributed by atoms with E-state index in [4.69, 9.17) is 9.47 Å². The molecule has 1 aliphatic heterocycles. The molecule has 1 aliphatic rings. The normalized spacial score (nSPS) is 25.0. The maximum atomic E-state index is 13.1. The number of carbonyl (C=O) groups excluding carboxylic acids is 2. The fourth-order valence-corrected chi connectivity index (χ4v) is 4.28. The molecule has 1 N–H and O–H groups in total. The van der Waals surface area contributed by atoms with Crippen molar-refractivity contribution in [3.63, 3.8) is 0 Å². The van der Waals surface area contributed by atoms with Crippen molar-refractivity contribution >= 4 is 23.1 Å². The van der Waals surface area contributed by atoms with Gasteiger partial charge in [0.2, 0.25) is 0 Å². The molecule has 3 atom stereocenters. The first-order valence-corrected chi connectivity index (χ1v) is 9.53. The van der Waals surface area contributed by atoms with E-state index in [1.807, 2.05) is 41.8 Å². The van der Waals surface area contributed by atoms with Crippen LogP contribution >= 0.6 is 11.3 Å². The first-order valence-electron chi connectivity index (χ1n) is 8.65. The molecular weight excluding hydrogens is 350 g/mol. The van der Waals surface area contributed by atoms with E-state index in [-0.39, 0.29) is 23.7 Å². The zero-order chi connectivity index (χ0) is 18.7. The van der Waals surface area contributed by atoms with Crippen LogP contribution in [0.5, 0.6) is 5.75 Å². The van der Waals surface area contributed by atoms with Gasteiger partial charge in [-0.15, -0.1) is 11.3 Å². The first-order chi connectivity index (χ1) is 12.5. The summed E-state index contributed by atoms with van der Waals surface area (Å²) < 4.78 is 10.7. The van der Waals surface area contributed by atoms with Crippen LogP contribution in [0.2, 0.25) is 0 Å². The minimum absolute atomic E-state index is 0.0384. The van der Waals surface area contributed by atoms with E-state index in [1.165, 1.54) is 11.3 Å². The number of carbonyl (C=O) groups is 2. The van der Waals surface area contributed by atoms with Gasteiger partial charge in [-0.2, -0.15) is 0 Å². The van der Waals surface area contributed by atoms with Gasteiger partial charge in [0.1, 0.15) is 11.3 Å². The van der Waals surface area contributed by atoms with Crippen LogP contribution in [0.1, 0.15) is 41.5 Å². The summed E-state index contributed by atoms with van der Waals surface area (Å²) in [6.45, 7) is 3.89. The van der Waals surface area contributed by atoms with Gasteiger partial charge in [0, 0.05) is 17.5 Å². The second-order valence-corrected chi connectivity index (χ2v) is 7.52. The molecule has 6 heteroatoms. The van der Waals surface area contributed by atoms with E-state index in [1.54, 1.807) is 21.0 Å². The minimum atomic E-state index is -0.918. The Kier molecular flexibility index (Phi) is 5.44. The molecule has 0 unspecified atom stereocenters. The number of Topliss-reactive ketones (excluding diaryl/α,β-unsaturated/α-hetero) is 1. The van der Waals surface area contributed by atoms with Crippen molar-refractivity contribution in [2.24, 2.45) is 5.92 Å². The Labute approximate surface area is 157 Å². The van der Waals surface area contributed by atoms with E-state index in [0.717, 1.165) is 5.56 Å². The third kappa shape index (κ3) is 3.39. The van der Waals surface area contributed by atoms with Crippen LogP contribution in [-0.2, 0) is 9.53 Å². The Morgan fingerprint density at radius 2 is 2.04 bits per heavy atom. The molecule has 1 fully saturated rings. The molecule has 26 heavy (non-hydrogen) atoms. The fraction of sp³-hybridized carbons (Fsp3) is 0.400. The average Bonchev–Trinajstić information content (AvgIpc) is 3.30. The largest absolute Gasteiger partial charge is 0.496 e. The molecule has 0 spiro atoms. The molecule has 0 saturated carbocycles. The van der Waals surface area contributed by atoms with E-state index in [2.05, 4.69) is 5.32 Å². The summed E-state index contributed by atoms with van der Waals surface area (Å²) in [7, 11) is 1.61. The van der Waals surface area contributed by atoms with Gasteiger partial charge >= 0.3 is 5.97 Å². The molecule has 0 amide bonds. The minimum Gasteiger partial charge on any atom is -0.496 e. The van der Waals surface area contributed by atoms with E-state index in [9.17, 15) is 9.59 Å². The van der Waals surface area contributed by atoms with Crippen LogP contribution in [0.4, 0.5) is 0 Å². The maximum absolute atomic E-state index is 13.1. The SMILES string of the molecule is CCOC(=O)[C@@]1(C)C[C@@H](C(=O)c2cccs2)[C@@H](c2ccccc2OC)N1. The van der Waals surface area contributed by atoms with Crippen molar-refractivity contribution in [2.75, 3.05) is 13.7 Å². The molecule has 1 aromatic carbocycles. The van der Waals surface area contributed by atoms with Gasteiger partial charge in [-0.05, 0) is 37.8 Å². The van der Waals surface area contributed by atoms with E-state index < -0.39 is 5.54 Å². The number of para-hydroxylation sites is 1. The number of benzene rings is 1. The highest BCUT2D eigenvalue weighted by molar-refractivity contribution is 7.12. The second-order valence-electron chi connectivity index (χ2n) is 6.57. The molecule has 2 heterocycles. The summed E-state index contributed by atoms with van der Waals surface area (Å²) in [4.78, 5) is 26.4. The van der Waals surface area contributed by atoms with Crippen LogP contribution in [0.15, 0.2) is 41.8 Å². The summed E-state index contributed by atoms with van der Waals surface area (Å²) in [6.07, 6.45) is 0.380. The van der Waals surface area contributed by atoms with Gasteiger partial charge in [0.15, 0.2) is 5.78 Å². The lowest BCUT2D eigenvalue weighted by Crippen LogP contribution is -2.46. The third-order valence-electron chi connectivity index (χ3n) is 4.81. The highest BCUT2D eigenvalue weighted by Gasteiger charge is 2.51. The van der Waals surface area contributed by atoms with Gasteiger partial charge in [-0.1, -0.05) is 24.3 Å². The van der Waals surface area contributed by atoms with Crippen molar-refractivity contribution in [2.45, 2.75) is 31.8 Å². The molecule has 1 saturated heterocycles. The number of rotatable bonds is 6. The molecular formula is C20H23NO4S. The van der Waals surface area contributed by atoms with Crippen LogP contribution in [0.3, 0.4) is 0 Å². The van der Waals surface area contributed by atoms with Crippen molar-refractivity contribution in [1.29, 1.82) is 0 Å². The number of nitrogens with one attached hydrogen (secondary N) is 1. The lowest BCUT2D eigenvalue weighted by molar-refractivity contribution is -0.150. The predicted octanol–water partition coefficient (Wildman–Crippen LogP) is 3.61. The summed E-state index contributed by atoms with van der Waals surface area (Å²) in [5.41, 5.74) is -0.0445. The van der Waals surface area contributed by atoms with Crippen molar-refractivity contribution in [1.82, 2.24) is 5.32 Å². The molecule has 3 rings (SSSR count). The quantitative estimate of drug-likeness (QED) is 0.619. The van der Waals surface area contributed by atoms with Crippen LogP contribution < -0.4 is 10.1 Å². The van der Waals surface area contributed by atoms with Crippen molar-refractivity contribution < 1.29 is 19.1 Å². The van der Waals surface area contributed by atoms with Crippen LogP contribution in [0.25, 0.3) is 0 Å². The van der Waals surface area contributed by atoms with E-state index in [0.29, 0.717) is 23.7 Å². The topological polar surface area (TPSA) is 64.6 Å². The summed E-state index contributed by atoms with van der Waals surface area (Å²) in [5, 5.41) is 5.25. The number of ether oxygens (including phenoxy) is 2. The lowest BCUT2D eigenvalue weighted by Gasteiger charge is -2.24. The zero-order valence-electron chi connectivity index (χ0n) is 15.2. The number of methoxy groups -OCH3 is 1. The fourth-order valence-electron chi connectivity index (χ4n) is 3.56. The molecule has 0 bridgehead atoms. The first kappa shape index (κ1) is 18.6. The predicted molar refractivity (Wildman–Crippen MR) is 101 cm³/mol. The Morgan fingerprint density at radius 1 is 1.27 bits per heavy atom. The highest BCUT2D eigenvalue weighted by atomic mass is 32.1. The molecule has 2 aromatic rings. The van der Waals surface area contributed by atoms with Crippen LogP contribution in [0, 0.1) is 5.92 Å². The number of esters is 1. The summed E-state index contributed by atoms with van der Waals surface area (Å²) >= 11 is 1.42. The number of hydrogen-bond donors (Lipinski definition) is 1. The van der Waals surface area contributed by atoms with Gasteiger partial charge in [-0.3, -0.25) is 14.9 Å². The van der Waals surface area contributed by atoms with Gasteiger partial charge < -0.3 is 9.47 Å². The smallest absolute Gasteiger partial charge is 0.326 e. The Morgan fingerprint density at radius 3 is 2.69 bits per heavy atom. The van der Waals surface area contributed by atoms with Crippen molar-refractivity contribution in [3.8, 4) is 5.75 Å². The van der Waals surface area contributed by atoms with E-state index >= 15 is 0 Å². The third-order valence-corrected chi connectivity index (χ3v) is 5.69. The summed E-state index contributed by atoms with van der Waals surface area (Å²) in [6, 6.07) is 11.0. The molecule has 5 nitrogen and oxygen atoms in total. The second kappa shape index (κ2) is 7.60. The lowest BCUT2D eigenvalue weighted by atomic mass is 9.86. The molecule has 0 aliphatic carbocycles. The average molecular weight is 373 g/mol. The maximum Gasteiger partial charge on any atom is 0.326 e. The van der Waals surface area contributed by atoms with Gasteiger partial charge in [-0.25, -0.2) is 0 Å². The number of ketones is 1. The molecule has 1 aromatic heterocycles. The molecule has 138 valence electrons. The highest BCUT2D eigenvalue weighted by Crippen LogP contribution is 2.43. The number of hydrogen-bond acceptors (Lipinski definition) is 6. The standard InChI is InChI=1S/C20H23NO4S/c1-4-25-19(23)20(2)12-14(18(22)16-10-7-11-26-16)17(21-20)13-8-5-6-9-15(13)24-3/h5-11,14,17,21H,4,12H2,1-3H3/t14-,17-,20-/m1/s1.